The van der Waals surface area contributed by atoms with Crippen LogP contribution in [0.4, 0.5) is 0 Å². The quantitative estimate of drug-likeness (QED) is 0.792. The second-order valence-electron chi connectivity index (χ2n) is 3.36. The van der Waals surface area contributed by atoms with Gasteiger partial charge in [-0.3, -0.25) is 0 Å². The Bertz CT molecular complexity index is 494. The Hall–Kier alpha value is -1.42. The summed E-state index contributed by atoms with van der Waals surface area (Å²) in [7, 11) is 1.65. The summed E-state index contributed by atoms with van der Waals surface area (Å²) in [6, 6.07) is 9.73. The highest BCUT2D eigenvalue weighted by Gasteiger charge is 2.07. The number of hydrogen-bond donors (Lipinski definition) is 0. The van der Waals surface area contributed by atoms with E-state index in [9.17, 15) is 0 Å². The first kappa shape index (κ1) is 11.1. The molecule has 0 fully saturated rings. The Morgan fingerprint density at radius 2 is 1.94 bits per heavy atom. The molecule has 0 saturated carbocycles. The van der Waals surface area contributed by atoms with Crippen LogP contribution in [0.1, 0.15) is 5.69 Å². The Morgan fingerprint density at radius 1 is 1.19 bits per heavy atom. The molecule has 16 heavy (non-hydrogen) atoms. The van der Waals surface area contributed by atoms with Gasteiger partial charge in [0.2, 0.25) is 0 Å². The minimum atomic E-state index is 0.591. The lowest BCUT2D eigenvalue weighted by Gasteiger charge is -2.08. The Kier molecular flexibility index (Phi) is 3.19. The molecule has 2 aromatic rings. The second kappa shape index (κ2) is 4.61. The second-order valence-corrected chi connectivity index (χ2v) is 4.07. The van der Waals surface area contributed by atoms with Crippen LogP contribution in [-0.2, 0) is 0 Å². The van der Waals surface area contributed by atoms with Gasteiger partial charge < -0.3 is 4.74 Å². The molecule has 0 radical (unpaired) electrons. The van der Waals surface area contributed by atoms with Gasteiger partial charge in [-0.05, 0) is 41.1 Å². The van der Waals surface area contributed by atoms with Crippen LogP contribution in [0.25, 0.3) is 11.3 Å². The summed E-state index contributed by atoms with van der Waals surface area (Å²) in [5.41, 5.74) is 2.75. The summed E-state index contributed by atoms with van der Waals surface area (Å²) >= 11 is 3.29. The van der Waals surface area contributed by atoms with Crippen LogP contribution in [0.15, 0.2) is 35.1 Å². The predicted molar refractivity (Wildman–Crippen MR) is 66.5 cm³/mol. The summed E-state index contributed by atoms with van der Waals surface area (Å²) in [6.45, 7) is 1.94. The number of aromatic nitrogens is 2. The maximum Gasteiger partial charge on any atom is 0.197 e. The van der Waals surface area contributed by atoms with Crippen molar-refractivity contribution >= 4 is 15.9 Å². The standard InChI is InChI=1S/C12H11BrN2O/c1-8-7-10(15-12(13)14-8)9-5-3-4-6-11(9)16-2/h3-7H,1-2H3. The lowest BCUT2D eigenvalue weighted by molar-refractivity contribution is 0.416. The van der Waals surface area contributed by atoms with E-state index in [1.807, 2.05) is 37.3 Å². The fraction of sp³-hybridized carbons (Fsp3) is 0.167. The van der Waals surface area contributed by atoms with Crippen LogP contribution < -0.4 is 4.74 Å². The average molecular weight is 279 g/mol. The average Bonchev–Trinajstić information content (AvgIpc) is 2.27. The maximum absolute atomic E-state index is 5.30. The van der Waals surface area contributed by atoms with E-state index in [-0.39, 0.29) is 0 Å². The predicted octanol–water partition coefficient (Wildman–Crippen LogP) is 3.22. The van der Waals surface area contributed by atoms with Crippen LogP contribution in [0, 0.1) is 6.92 Å². The molecule has 4 heteroatoms. The molecule has 0 atom stereocenters. The minimum Gasteiger partial charge on any atom is -0.496 e. The molecule has 1 heterocycles. The van der Waals surface area contributed by atoms with Crippen molar-refractivity contribution in [2.24, 2.45) is 0 Å². The molecule has 3 nitrogen and oxygen atoms in total. The van der Waals surface area contributed by atoms with Crippen LogP contribution in [0.5, 0.6) is 5.75 Å². The molecule has 0 unspecified atom stereocenters. The summed E-state index contributed by atoms with van der Waals surface area (Å²) < 4.78 is 5.89. The number of benzene rings is 1. The topological polar surface area (TPSA) is 35.0 Å². The summed E-state index contributed by atoms with van der Waals surface area (Å²) in [4.78, 5) is 8.52. The Balaban J connectivity index is 2.58. The number of aryl methyl sites for hydroxylation is 1. The Morgan fingerprint density at radius 3 is 2.62 bits per heavy atom. The SMILES string of the molecule is COc1ccccc1-c1cc(C)nc(Br)n1. The fourth-order valence-electron chi connectivity index (χ4n) is 1.53. The van der Waals surface area contributed by atoms with Crippen molar-refractivity contribution in [1.82, 2.24) is 9.97 Å². The molecule has 2 rings (SSSR count). The van der Waals surface area contributed by atoms with E-state index < -0.39 is 0 Å². The van der Waals surface area contributed by atoms with Crippen LogP contribution in [0.2, 0.25) is 0 Å². The third kappa shape index (κ3) is 2.22. The number of halogens is 1. The molecule has 0 aliphatic carbocycles. The third-order valence-corrected chi connectivity index (χ3v) is 2.56. The minimum absolute atomic E-state index is 0.591. The zero-order valence-electron chi connectivity index (χ0n) is 9.07. The van der Waals surface area contributed by atoms with Gasteiger partial charge in [0, 0.05) is 11.3 Å². The monoisotopic (exact) mass is 278 g/mol. The van der Waals surface area contributed by atoms with Crippen LogP contribution >= 0.6 is 15.9 Å². The van der Waals surface area contributed by atoms with Crippen LogP contribution in [0.3, 0.4) is 0 Å². The lowest BCUT2D eigenvalue weighted by atomic mass is 10.1. The Labute approximate surface area is 103 Å². The highest BCUT2D eigenvalue weighted by molar-refractivity contribution is 9.10. The molecular formula is C12H11BrN2O. The van der Waals surface area contributed by atoms with E-state index in [0.29, 0.717) is 4.73 Å². The molecule has 1 aromatic heterocycles. The third-order valence-electron chi connectivity index (χ3n) is 2.21. The number of rotatable bonds is 2. The van der Waals surface area contributed by atoms with Gasteiger partial charge in [-0.2, -0.15) is 0 Å². The number of ether oxygens (including phenoxy) is 1. The van der Waals surface area contributed by atoms with Crippen molar-refractivity contribution < 1.29 is 4.74 Å². The van der Waals surface area contributed by atoms with Gasteiger partial charge in [0.05, 0.1) is 12.8 Å². The van der Waals surface area contributed by atoms with Crippen molar-refractivity contribution in [1.29, 1.82) is 0 Å². The van der Waals surface area contributed by atoms with Gasteiger partial charge in [0.15, 0.2) is 4.73 Å². The van der Waals surface area contributed by atoms with E-state index in [2.05, 4.69) is 25.9 Å². The summed E-state index contributed by atoms with van der Waals surface area (Å²) in [6.07, 6.45) is 0. The maximum atomic E-state index is 5.30. The number of nitrogens with zero attached hydrogens (tertiary/aromatic N) is 2. The van der Waals surface area contributed by atoms with Gasteiger partial charge in [0.1, 0.15) is 5.75 Å². The smallest absolute Gasteiger partial charge is 0.197 e. The normalized spacial score (nSPS) is 10.2. The van der Waals surface area contributed by atoms with Gasteiger partial charge in [0.25, 0.3) is 0 Å². The first-order valence-corrected chi connectivity index (χ1v) is 5.64. The molecular weight excluding hydrogens is 268 g/mol. The lowest BCUT2D eigenvalue weighted by Crippen LogP contribution is -1.93. The van der Waals surface area contributed by atoms with Gasteiger partial charge in [-0.15, -0.1) is 0 Å². The first-order valence-electron chi connectivity index (χ1n) is 4.85. The molecule has 0 spiro atoms. The highest BCUT2D eigenvalue weighted by Crippen LogP contribution is 2.28. The fourth-order valence-corrected chi connectivity index (χ4v) is 2.00. The number of hydrogen-bond acceptors (Lipinski definition) is 3. The zero-order valence-corrected chi connectivity index (χ0v) is 10.7. The van der Waals surface area contributed by atoms with Crippen LogP contribution in [-0.4, -0.2) is 17.1 Å². The van der Waals surface area contributed by atoms with Crippen molar-refractivity contribution in [2.45, 2.75) is 6.92 Å². The van der Waals surface area contributed by atoms with E-state index in [0.717, 1.165) is 22.7 Å². The van der Waals surface area contributed by atoms with Gasteiger partial charge in [-0.1, -0.05) is 12.1 Å². The van der Waals surface area contributed by atoms with Crippen molar-refractivity contribution in [3.8, 4) is 17.0 Å². The summed E-state index contributed by atoms with van der Waals surface area (Å²) in [5, 5.41) is 0. The van der Waals surface area contributed by atoms with E-state index in [1.165, 1.54) is 0 Å². The largest absolute Gasteiger partial charge is 0.496 e. The number of methoxy groups -OCH3 is 1. The number of para-hydroxylation sites is 1. The molecule has 82 valence electrons. The molecule has 0 amide bonds. The summed E-state index contributed by atoms with van der Waals surface area (Å²) in [5.74, 6) is 0.813. The molecule has 0 aliphatic rings. The van der Waals surface area contributed by atoms with E-state index >= 15 is 0 Å². The zero-order chi connectivity index (χ0) is 11.5. The van der Waals surface area contributed by atoms with E-state index in [1.54, 1.807) is 7.11 Å². The highest BCUT2D eigenvalue weighted by atomic mass is 79.9. The molecule has 1 aromatic carbocycles. The molecule has 0 aliphatic heterocycles. The van der Waals surface area contributed by atoms with Crippen molar-refractivity contribution in [2.75, 3.05) is 7.11 Å². The molecule has 0 bridgehead atoms. The first-order chi connectivity index (χ1) is 7.70. The van der Waals surface area contributed by atoms with Crippen molar-refractivity contribution in [3.05, 3.63) is 40.8 Å². The van der Waals surface area contributed by atoms with Crippen molar-refractivity contribution in [3.63, 3.8) is 0 Å². The van der Waals surface area contributed by atoms with Gasteiger partial charge in [-0.25, -0.2) is 9.97 Å². The van der Waals surface area contributed by atoms with E-state index in [4.69, 9.17) is 4.74 Å². The molecule has 0 saturated heterocycles. The van der Waals surface area contributed by atoms with Gasteiger partial charge >= 0.3 is 0 Å². The molecule has 0 N–H and O–H groups in total.